The lowest BCUT2D eigenvalue weighted by Gasteiger charge is -2.09. The van der Waals surface area contributed by atoms with Crippen LogP contribution in [0.15, 0.2) is 40.4 Å². The van der Waals surface area contributed by atoms with Gasteiger partial charge in [0.15, 0.2) is 11.5 Å². The van der Waals surface area contributed by atoms with Crippen molar-refractivity contribution in [1.29, 1.82) is 0 Å². The molecule has 130 valence electrons. The molecule has 0 N–H and O–H groups in total. The summed E-state index contributed by atoms with van der Waals surface area (Å²) in [5.41, 5.74) is 1.83. The zero-order valence-corrected chi connectivity index (χ0v) is 14.8. The van der Waals surface area contributed by atoms with Crippen molar-refractivity contribution in [1.82, 2.24) is 24.1 Å². The van der Waals surface area contributed by atoms with Crippen LogP contribution in [0.4, 0.5) is 0 Å². The molecule has 8 nitrogen and oxygen atoms in total. The van der Waals surface area contributed by atoms with Crippen molar-refractivity contribution >= 4 is 28.4 Å². The molecule has 1 aliphatic heterocycles. The average molecular weight is 367 g/mol. The highest BCUT2D eigenvalue weighted by Gasteiger charge is 2.17. The number of thioether (sulfide) groups is 1. The van der Waals surface area contributed by atoms with Gasteiger partial charge >= 0.3 is 0 Å². The Morgan fingerprint density at radius 2 is 2.00 bits per heavy atom. The minimum Gasteiger partial charge on any atom is -0.454 e. The van der Waals surface area contributed by atoms with E-state index in [9.17, 15) is 4.79 Å². The first-order valence-corrected chi connectivity index (χ1v) is 9.11. The fourth-order valence-electron chi connectivity index (χ4n) is 3.09. The van der Waals surface area contributed by atoms with Crippen molar-refractivity contribution in [3.63, 3.8) is 0 Å². The predicted molar refractivity (Wildman–Crippen MR) is 96.5 cm³/mol. The van der Waals surface area contributed by atoms with Crippen LogP contribution < -0.4 is 15.0 Å². The number of benzene rings is 1. The number of nitrogens with zero attached hydrogens (tertiary/aromatic N) is 5. The Hall–Kier alpha value is -3.07. The average Bonchev–Trinajstić information content (AvgIpc) is 3.27. The summed E-state index contributed by atoms with van der Waals surface area (Å²) in [4.78, 5) is 22.0. The predicted octanol–water partition coefficient (Wildman–Crippen LogP) is 2.19. The molecule has 0 fully saturated rings. The molecule has 0 radical (unpaired) electrons. The Labute approximate surface area is 151 Å². The summed E-state index contributed by atoms with van der Waals surface area (Å²) < 4.78 is 13.9. The molecule has 4 heterocycles. The molecular formula is C17H13N5O3S. The maximum absolute atomic E-state index is 13.2. The van der Waals surface area contributed by atoms with Crippen molar-refractivity contribution in [2.24, 2.45) is 0 Å². The third-order valence-electron chi connectivity index (χ3n) is 4.32. The van der Waals surface area contributed by atoms with Crippen LogP contribution in [-0.4, -0.2) is 37.2 Å². The van der Waals surface area contributed by atoms with Gasteiger partial charge in [0.1, 0.15) is 0 Å². The van der Waals surface area contributed by atoms with Crippen LogP contribution in [0.25, 0.3) is 22.4 Å². The summed E-state index contributed by atoms with van der Waals surface area (Å²) in [6.45, 7) is 2.00. The lowest BCUT2D eigenvalue weighted by molar-refractivity contribution is 0.174. The van der Waals surface area contributed by atoms with Gasteiger partial charge in [-0.25, -0.2) is 4.98 Å². The molecule has 0 bridgehead atoms. The van der Waals surface area contributed by atoms with Crippen LogP contribution in [0.3, 0.4) is 0 Å². The molecule has 0 amide bonds. The number of aromatic nitrogens is 5. The zero-order valence-electron chi connectivity index (χ0n) is 14.0. The van der Waals surface area contributed by atoms with Gasteiger partial charge in [0, 0.05) is 12.3 Å². The molecule has 1 aliphatic rings. The summed E-state index contributed by atoms with van der Waals surface area (Å²) in [7, 11) is 0. The van der Waals surface area contributed by atoms with Gasteiger partial charge in [-0.1, -0.05) is 11.8 Å². The van der Waals surface area contributed by atoms with Crippen LogP contribution in [0.1, 0.15) is 5.69 Å². The van der Waals surface area contributed by atoms with Gasteiger partial charge in [0.2, 0.25) is 11.9 Å². The van der Waals surface area contributed by atoms with Gasteiger partial charge in [-0.15, -0.1) is 5.10 Å². The second kappa shape index (κ2) is 5.46. The molecule has 1 aromatic carbocycles. The van der Waals surface area contributed by atoms with E-state index in [2.05, 4.69) is 15.1 Å². The zero-order chi connectivity index (χ0) is 17.8. The molecule has 0 unspecified atom stereocenters. The Bertz CT molecular complexity index is 1250. The lowest BCUT2D eigenvalue weighted by Crippen LogP contribution is -2.20. The van der Waals surface area contributed by atoms with Crippen LogP contribution in [0.2, 0.25) is 0 Å². The second-order valence-corrected chi connectivity index (χ2v) is 6.57. The first-order valence-electron chi connectivity index (χ1n) is 7.88. The summed E-state index contributed by atoms with van der Waals surface area (Å²) in [5.74, 6) is 1.79. The van der Waals surface area contributed by atoms with Gasteiger partial charge in [-0.2, -0.15) is 9.50 Å². The van der Waals surface area contributed by atoms with Crippen LogP contribution in [-0.2, 0) is 0 Å². The van der Waals surface area contributed by atoms with E-state index >= 15 is 0 Å². The molecule has 5 rings (SSSR count). The Balaban J connectivity index is 1.78. The first kappa shape index (κ1) is 15.2. The van der Waals surface area contributed by atoms with Crippen LogP contribution >= 0.6 is 11.8 Å². The molecule has 3 aromatic heterocycles. The highest BCUT2D eigenvalue weighted by atomic mass is 32.2. The molecule has 9 heteroatoms. The van der Waals surface area contributed by atoms with Gasteiger partial charge in [0.25, 0.3) is 11.3 Å². The third-order valence-corrected chi connectivity index (χ3v) is 4.85. The van der Waals surface area contributed by atoms with Crippen molar-refractivity contribution in [2.75, 3.05) is 13.0 Å². The van der Waals surface area contributed by atoms with Gasteiger partial charge in [-0.3, -0.25) is 9.36 Å². The highest BCUT2D eigenvalue weighted by Crippen LogP contribution is 2.33. The summed E-state index contributed by atoms with van der Waals surface area (Å²) >= 11 is 1.43. The third kappa shape index (κ3) is 2.10. The molecule has 4 aromatic rings. The molecule has 0 atom stereocenters. The number of ether oxygens (including phenoxy) is 2. The molecule has 0 saturated heterocycles. The van der Waals surface area contributed by atoms with E-state index in [1.54, 1.807) is 34.3 Å². The maximum atomic E-state index is 13.2. The molecule has 26 heavy (non-hydrogen) atoms. The van der Waals surface area contributed by atoms with E-state index in [1.165, 1.54) is 11.8 Å². The first-order chi connectivity index (χ1) is 12.7. The van der Waals surface area contributed by atoms with Crippen molar-refractivity contribution in [3.05, 3.63) is 46.5 Å². The van der Waals surface area contributed by atoms with Crippen molar-refractivity contribution in [2.45, 2.75) is 12.1 Å². The van der Waals surface area contributed by atoms with Crippen LogP contribution in [0.5, 0.6) is 11.5 Å². The smallest absolute Gasteiger partial charge is 0.266 e. The monoisotopic (exact) mass is 367 g/mol. The maximum Gasteiger partial charge on any atom is 0.266 e. The van der Waals surface area contributed by atoms with E-state index in [4.69, 9.17) is 9.47 Å². The largest absolute Gasteiger partial charge is 0.454 e. The van der Waals surface area contributed by atoms with Crippen molar-refractivity contribution in [3.8, 4) is 17.2 Å². The SMILES string of the molecule is CSc1nc2nc(C)c3c(=O)n(-c4ccc5c(c4)OCO5)ccc3n2n1. The number of fused-ring (bicyclic) bond motifs is 4. The van der Waals surface area contributed by atoms with Gasteiger partial charge < -0.3 is 9.47 Å². The quantitative estimate of drug-likeness (QED) is 0.502. The lowest BCUT2D eigenvalue weighted by atomic mass is 10.2. The number of hydrogen-bond donors (Lipinski definition) is 0. The Kier molecular flexibility index (Phi) is 3.20. The minimum absolute atomic E-state index is 0.172. The fraction of sp³-hybridized carbons (Fsp3) is 0.176. The van der Waals surface area contributed by atoms with Gasteiger partial charge in [-0.05, 0) is 31.4 Å². The van der Waals surface area contributed by atoms with Crippen molar-refractivity contribution < 1.29 is 9.47 Å². The van der Waals surface area contributed by atoms with E-state index in [1.807, 2.05) is 18.4 Å². The van der Waals surface area contributed by atoms with E-state index < -0.39 is 0 Å². The highest BCUT2D eigenvalue weighted by molar-refractivity contribution is 7.98. The van der Waals surface area contributed by atoms with Crippen LogP contribution in [0, 0.1) is 6.92 Å². The second-order valence-electron chi connectivity index (χ2n) is 5.80. The number of rotatable bonds is 2. The fourth-order valence-corrected chi connectivity index (χ4v) is 3.43. The molecule has 0 aliphatic carbocycles. The molecule has 0 saturated carbocycles. The van der Waals surface area contributed by atoms with Gasteiger partial charge in [0.05, 0.1) is 22.3 Å². The number of hydrogen-bond acceptors (Lipinski definition) is 7. The molecular weight excluding hydrogens is 354 g/mol. The van der Waals surface area contributed by atoms with E-state index in [0.29, 0.717) is 44.7 Å². The minimum atomic E-state index is -0.172. The Morgan fingerprint density at radius 1 is 1.15 bits per heavy atom. The Morgan fingerprint density at radius 3 is 2.85 bits per heavy atom. The summed E-state index contributed by atoms with van der Waals surface area (Å²) in [5, 5.41) is 5.54. The van der Waals surface area contributed by atoms with E-state index in [-0.39, 0.29) is 12.4 Å². The normalized spacial score (nSPS) is 13.0. The molecule has 0 spiro atoms. The topological polar surface area (TPSA) is 83.5 Å². The van der Waals surface area contributed by atoms with E-state index in [0.717, 1.165) is 0 Å². The standard InChI is InChI=1S/C17H13N5O3S/c1-9-14-11(22-16(18-9)19-17(20-22)26-2)5-6-21(15(14)23)10-3-4-12-13(7-10)25-8-24-12/h3-7H,8H2,1-2H3. The number of aryl methyl sites for hydroxylation is 1. The summed E-state index contributed by atoms with van der Waals surface area (Å²) in [6.07, 6.45) is 3.62. The summed E-state index contributed by atoms with van der Waals surface area (Å²) in [6, 6.07) is 7.26. The number of pyridine rings is 1.